The van der Waals surface area contributed by atoms with Crippen LogP contribution in [0.15, 0.2) is 47.7 Å². The van der Waals surface area contributed by atoms with Gasteiger partial charge in [-0.3, -0.25) is 15.4 Å². The average Bonchev–Trinajstić information content (AvgIpc) is 2.50. The summed E-state index contributed by atoms with van der Waals surface area (Å²) >= 11 is 0. The predicted octanol–water partition coefficient (Wildman–Crippen LogP) is 2.45. The summed E-state index contributed by atoms with van der Waals surface area (Å²) in [6.45, 7) is 1.82. The second-order valence-electron chi connectivity index (χ2n) is 4.34. The predicted molar refractivity (Wildman–Crippen MR) is 81.8 cm³/mol. The second kappa shape index (κ2) is 6.93. The summed E-state index contributed by atoms with van der Waals surface area (Å²) in [7, 11) is 0. The van der Waals surface area contributed by atoms with Crippen LogP contribution in [0.2, 0.25) is 0 Å². The maximum absolute atomic E-state index is 11.6. The highest BCUT2D eigenvalue weighted by atomic mass is 16.6. The van der Waals surface area contributed by atoms with Gasteiger partial charge < -0.3 is 0 Å². The smallest absolute Gasteiger partial charge is 0.291 e. The molecule has 2 amide bonds. The lowest BCUT2D eigenvalue weighted by atomic mass is 10.2. The van der Waals surface area contributed by atoms with Gasteiger partial charge in [-0.2, -0.15) is 5.10 Å². The standard InChI is InChI=1S/C14H13N5O3/c1-10-3-2-8-15-13(10)17-14(20)18-16-9-11-4-6-12(7-5-11)19(21)22/h2-9H,1H3,(H2,15,17,18,20)/b16-9+. The Kier molecular flexibility index (Phi) is 4.76. The van der Waals surface area contributed by atoms with E-state index >= 15 is 0 Å². The van der Waals surface area contributed by atoms with E-state index in [4.69, 9.17) is 0 Å². The van der Waals surface area contributed by atoms with E-state index in [1.54, 1.807) is 12.3 Å². The molecule has 0 saturated carbocycles. The Morgan fingerprint density at radius 1 is 1.32 bits per heavy atom. The topological polar surface area (TPSA) is 110 Å². The molecule has 0 aliphatic rings. The maximum atomic E-state index is 11.6. The number of carbonyl (C=O) groups is 1. The number of nitro groups is 1. The Hall–Kier alpha value is -3.29. The Morgan fingerprint density at radius 2 is 2.05 bits per heavy atom. The first-order valence-corrected chi connectivity index (χ1v) is 6.32. The molecule has 0 aliphatic carbocycles. The molecule has 0 spiro atoms. The first-order valence-electron chi connectivity index (χ1n) is 6.32. The minimum absolute atomic E-state index is 0.00604. The number of nitrogens with zero attached hydrogens (tertiary/aromatic N) is 3. The van der Waals surface area contributed by atoms with Gasteiger partial charge in [0.2, 0.25) is 0 Å². The zero-order valence-corrected chi connectivity index (χ0v) is 11.7. The SMILES string of the molecule is Cc1cccnc1NC(=O)N/N=C/c1ccc([N+](=O)[O-])cc1. The number of hydrazone groups is 1. The maximum Gasteiger partial charge on any atom is 0.340 e. The van der Waals surface area contributed by atoms with Gasteiger partial charge in [-0.15, -0.1) is 0 Å². The van der Waals surface area contributed by atoms with Crippen LogP contribution in [0, 0.1) is 17.0 Å². The second-order valence-corrected chi connectivity index (χ2v) is 4.34. The van der Waals surface area contributed by atoms with Crippen LogP contribution in [-0.2, 0) is 0 Å². The van der Waals surface area contributed by atoms with E-state index in [-0.39, 0.29) is 5.69 Å². The van der Waals surface area contributed by atoms with E-state index in [0.717, 1.165) is 5.56 Å². The zero-order chi connectivity index (χ0) is 15.9. The van der Waals surface area contributed by atoms with Gasteiger partial charge >= 0.3 is 6.03 Å². The fourth-order valence-corrected chi connectivity index (χ4v) is 1.60. The molecule has 8 nitrogen and oxygen atoms in total. The molecule has 0 saturated heterocycles. The van der Waals surface area contributed by atoms with Gasteiger partial charge in [0.1, 0.15) is 5.82 Å². The highest BCUT2D eigenvalue weighted by Crippen LogP contribution is 2.10. The van der Waals surface area contributed by atoms with Gasteiger partial charge in [0.15, 0.2) is 0 Å². The van der Waals surface area contributed by atoms with Crippen molar-refractivity contribution in [3.8, 4) is 0 Å². The van der Waals surface area contributed by atoms with Crippen molar-refractivity contribution >= 4 is 23.8 Å². The molecule has 0 unspecified atom stereocenters. The third-order valence-electron chi connectivity index (χ3n) is 2.73. The number of amides is 2. The Bertz CT molecular complexity index is 713. The van der Waals surface area contributed by atoms with Crippen LogP contribution in [0.1, 0.15) is 11.1 Å². The summed E-state index contributed by atoms with van der Waals surface area (Å²) < 4.78 is 0. The lowest BCUT2D eigenvalue weighted by Crippen LogP contribution is -2.25. The van der Waals surface area contributed by atoms with E-state index in [1.807, 2.05) is 13.0 Å². The van der Waals surface area contributed by atoms with Crippen LogP contribution in [0.4, 0.5) is 16.3 Å². The van der Waals surface area contributed by atoms with Crippen LogP contribution in [0.5, 0.6) is 0 Å². The number of carbonyl (C=O) groups excluding carboxylic acids is 1. The van der Waals surface area contributed by atoms with Gasteiger partial charge in [0, 0.05) is 18.3 Å². The molecular formula is C14H13N5O3. The largest absolute Gasteiger partial charge is 0.340 e. The van der Waals surface area contributed by atoms with Crippen LogP contribution in [-0.4, -0.2) is 22.2 Å². The van der Waals surface area contributed by atoms with Gasteiger partial charge in [-0.05, 0) is 36.2 Å². The monoisotopic (exact) mass is 299 g/mol. The van der Waals surface area contributed by atoms with Crippen molar-refractivity contribution in [3.05, 3.63) is 63.8 Å². The van der Waals surface area contributed by atoms with Crippen LogP contribution >= 0.6 is 0 Å². The van der Waals surface area contributed by atoms with Crippen molar-refractivity contribution in [3.63, 3.8) is 0 Å². The lowest BCUT2D eigenvalue weighted by molar-refractivity contribution is -0.384. The number of non-ortho nitro benzene ring substituents is 1. The summed E-state index contributed by atoms with van der Waals surface area (Å²) in [6.07, 6.45) is 2.96. The molecule has 0 atom stereocenters. The van der Waals surface area contributed by atoms with E-state index in [0.29, 0.717) is 11.4 Å². The first-order chi connectivity index (χ1) is 10.6. The third-order valence-corrected chi connectivity index (χ3v) is 2.73. The number of hydrogen-bond donors (Lipinski definition) is 2. The highest BCUT2D eigenvalue weighted by molar-refractivity contribution is 5.90. The molecule has 0 fully saturated rings. The minimum atomic E-state index is -0.528. The molecule has 2 N–H and O–H groups in total. The molecule has 1 heterocycles. The summed E-state index contributed by atoms with van der Waals surface area (Å²) in [5, 5.41) is 16.8. The van der Waals surface area contributed by atoms with Crippen molar-refractivity contribution in [2.24, 2.45) is 5.10 Å². The lowest BCUT2D eigenvalue weighted by Gasteiger charge is -2.05. The number of nitro benzene ring substituents is 1. The Balaban J connectivity index is 1.90. The summed E-state index contributed by atoms with van der Waals surface area (Å²) in [6, 6.07) is 8.85. The summed E-state index contributed by atoms with van der Waals surface area (Å²) in [5.74, 6) is 0.450. The molecule has 0 bridgehead atoms. The molecule has 1 aromatic carbocycles. The van der Waals surface area contributed by atoms with Crippen LogP contribution in [0.25, 0.3) is 0 Å². The molecule has 1 aromatic heterocycles. The van der Waals surface area contributed by atoms with Gasteiger partial charge in [-0.1, -0.05) is 6.07 Å². The number of hydrogen-bond acceptors (Lipinski definition) is 5. The van der Waals surface area contributed by atoms with Crippen molar-refractivity contribution in [1.82, 2.24) is 10.4 Å². The van der Waals surface area contributed by atoms with Crippen molar-refractivity contribution in [2.45, 2.75) is 6.92 Å². The van der Waals surface area contributed by atoms with Gasteiger partial charge in [0.25, 0.3) is 5.69 Å². The Labute approximate surface area is 126 Å². The van der Waals surface area contributed by atoms with Crippen molar-refractivity contribution in [1.29, 1.82) is 0 Å². The number of benzene rings is 1. The summed E-state index contributed by atoms with van der Waals surface area (Å²) in [4.78, 5) is 25.7. The van der Waals surface area contributed by atoms with Gasteiger partial charge in [0.05, 0.1) is 11.1 Å². The first kappa shape index (κ1) is 15.1. The number of anilines is 1. The van der Waals surface area contributed by atoms with E-state index in [1.165, 1.54) is 30.5 Å². The third kappa shape index (κ3) is 4.10. The average molecular weight is 299 g/mol. The van der Waals surface area contributed by atoms with E-state index < -0.39 is 11.0 Å². The number of nitrogens with one attached hydrogen (secondary N) is 2. The van der Waals surface area contributed by atoms with Crippen LogP contribution in [0.3, 0.4) is 0 Å². The molecule has 8 heteroatoms. The van der Waals surface area contributed by atoms with Gasteiger partial charge in [-0.25, -0.2) is 15.2 Å². The van der Waals surface area contributed by atoms with E-state index in [2.05, 4.69) is 20.8 Å². The number of rotatable bonds is 4. The molecule has 0 aliphatic heterocycles. The van der Waals surface area contributed by atoms with Crippen molar-refractivity contribution < 1.29 is 9.72 Å². The normalized spacial score (nSPS) is 10.4. The van der Waals surface area contributed by atoms with Crippen molar-refractivity contribution in [2.75, 3.05) is 5.32 Å². The summed E-state index contributed by atoms with van der Waals surface area (Å²) in [5.41, 5.74) is 3.74. The van der Waals surface area contributed by atoms with E-state index in [9.17, 15) is 14.9 Å². The molecule has 2 rings (SSSR count). The molecule has 22 heavy (non-hydrogen) atoms. The molecule has 112 valence electrons. The molecule has 2 aromatic rings. The number of pyridine rings is 1. The fraction of sp³-hybridized carbons (Fsp3) is 0.0714. The number of aromatic nitrogens is 1. The molecular weight excluding hydrogens is 286 g/mol. The Morgan fingerprint density at radius 3 is 2.68 bits per heavy atom. The quantitative estimate of drug-likeness (QED) is 0.513. The molecule has 0 radical (unpaired) electrons. The highest BCUT2D eigenvalue weighted by Gasteiger charge is 2.04. The fourth-order valence-electron chi connectivity index (χ4n) is 1.60. The number of urea groups is 1. The number of aryl methyl sites for hydroxylation is 1. The minimum Gasteiger partial charge on any atom is -0.291 e. The zero-order valence-electron chi connectivity index (χ0n) is 11.7. The van der Waals surface area contributed by atoms with Crippen LogP contribution < -0.4 is 10.7 Å².